The lowest BCUT2D eigenvalue weighted by Crippen LogP contribution is -2.14. The lowest BCUT2D eigenvalue weighted by molar-refractivity contribution is 0.620. The molecule has 0 saturated heterocycles. The standard InChI is InChI=1S/C14H17ClFN3/c1-3-13-11(9-19(2)18-13)8-17-7-10-5-4-6-12(16)14(10)15/h4-6,9,17H,3,7-8H2,1-2H3. The van der Waals surface area contributed by atoms with Gasteiger partial charge < -0.3 is 5.32 Å². The number of aromatic nitrogens is 2. The van der Waals surface area contributed by atoms with E-state index in [9.17, 15) is 4.39 Å². The zero-order valence-corrected chi connectivity index (χ0v) is 11.8. The SMILES string of the molecule is CCc1nn(C)cc1CNCc1cccc(F)c1Cl. The van der Waals surface area contributed by atoms with E-state index in [0.717, 1.165) is 23.2 Å². The van der Waals surface area contributed by atoms with Crippen LogP contribution in [0.25, 0.3) is 0 Å². The fraction of sp³-hybridized carbons (Fsp3) is 0.357. The number of halogens is 2. The van der Waals surface area contributed by atoms with Crippen molar-refractivity contribution in [2.24, 2.45) is 7.05 Å². The zero-order chi connectivity index (χ0) is 13.8. The van der Waals surface area contributed by atoms with Crippen LogP contribution in [0.15, 0.2) is 24.4 Å². The summed E-state index contributed by atoms with van der Waals surface area (Å²) in [6.45, 7) is 3.31. The van der Waals surface area contributed by atoms with Crippen LogP contribution >= 0.6 is 11.6 Å². The molecule has 0 spiro atoms. The summed E-state index contributed by atoms with van der Waals surface area (Å²) in [5.74, 6) is -0.378. The van der Waals surface area contributed by atoms with E-state index < -0.39 is 0 Å². The maximum atomic E-state index is 13.3. The van der Waals surface area contributed by atoms with Crippen molar-refractivity contribution in [3.05, 3.63) is 52.1 Å². The molecule has 2 rings (SSSR count). The van der Waals surface area contributed by atoms with Gasteiger partial charge in [0.05, 0.1) is 10.7 Å². The topological polar surface area (TPSA) is 29.9 Å². The van der Waals surface area contributed by atoms with Crippen LogP contribution in [0.4, 0.5) is 4.39 Å². The van der Waals surface area contributed by atoms with E-state index in [1.54, 1.807) is 6.07 Å². The Morgan fingerprint density at radius 2 is 2.05 bits per heavy atom. The highest BCUT2D eigenvalue weighted by molar-refractivity contribution is 6.31. The van der Waals surface area contributed by atoms with Gasteiger partial charge in [0.25, 0.3) is 0 Å². The summed E-state index contributed by atoms with van der Waals surface area (Å²) in [6.07, 6.45) is 2.90. The summed E-state index contributed by atoms with van der Waals surface area (Å²) >= 11 is 5.91. The van der Waals surface area contributed by atoms with Crippen LogP contribution in [0, 0.1) is 5.82 Å². The summed E-state index contributed by atoms with van der Waals surface area (Å²) in [4.78, 5) is 0. The lowest BCUT2D eigenvalue weighted by Gasteiger charge is -2.07. The quantitative estimate of drug-likeness (QED) is 0.913. The van der Waals surface area contributed by atoms with E-state index in [2.05, 4.69) is 17.3 Å². The first-order chi connectivity index (χ1) is 9.11. The van der Waals surface area contributed by atoms with Crippen LogP contribution in [-0.4, -0.2) is 9.78 Å². The normalized spacial score (nSPS) is 10.9. The smallest absolute Gasteiger partial charge is 0.142 e. The second-order valence-corrected chi connectivity index (χ2v) is 4.82. The molecule has 5 heteroatoms. The van der Waals surface area contributed by atoms with E-state index in [1.807, 2.05) is 24.0 Å². The zero-order valence-electron chi connectivity index (χ0n) is 11.1. The second kappa shape index (κ2) is 6.17. The van der Waals surface area contributed by atoms with Crippen LogP contribution in [0.1, 0.15) is 23.7 Å². The van der Waals surface area contributed by atoms with Gasteiger partial charge in [0.15, 0.2) is 0 Å². The van der Waals surface area contributed by atoms with Gasteiger partial charge in [-0.3, -0.25) is 4.68 Å². The molecular formula is C14H17ClFN3. The molecule has 0 aliphatic carbocycles. The number of hydrogen-bond acceptors (Lipinski definition) is 2. The molecule has 2 aromatic rings. The fourth-order valence-electron chi connectivity index (χ4n) is 2.05. The third-order valence-electron chi connectivity index (χ3n) is 2.99. The van der Waals surface area contributed by atoms with Crippen molar-refractivity contribution in [1.82, 2.24) is 15.1 Å². The summed E-state index contributed by atoms with van der Waals surface area (Å²) in [5, 5.41) is 7.84. The Morgan fingerprint density at radius 3 is 2.79 bits per heavy atom. The van der Waals surface area contributed by atoms with Gasteiger partial charge >= 0.3 is 0 Å². The number of nitrogens with zero attached hydrogens (tertiary/aromatic N) is 2. The Kier molecular flexibility index (Phi) is 4.56. The Morgan fingerprint density at radius 1 is 1.32 bits per heavy atom. The summed E-state index contributed by atoms with van der Waals surface area (Å²) in [5.41, 5.74) is 3.02. The molecule has 0 fully saturated rings. The highest BCUT2D eigenvalue weighted by Crippen LogP contribution is 2.19. The molecule has 0 saturated carbocycles. The maximum Gasteiger partial charge on any atom is 0.142 e. The molecule has 1 N–H and O–H groups in total. The van der Waals surface area contributed by atoms with Crippen LogP contribution in [0.5, 0.6) is 0 Å². The number of hydrogen-bond donors (Lipinski definition) is 1. The predicted octanol–water partition coefficient (Wildman–Crippen LogP) is 3.06. The van der Waals surface area contributed by atoms with Crippen molar-refractivity contribution < 1.29 is 4.39 Å². The number of nitrogens with one attached hydrogen (secondary N) is 1. The Labute approximate surface area is 117 Å². The van der Waals surface area contributed by atoms with Crippen LogP contribution in [-0.2, 0) is 26.6 Å². The summed E-state index contributed by atoms with van der Waals surface area (Å²) in [7, 11) is 1.91. The monoisotopic (exact) mass is 281 g/mol. The van der Waals surface area contributed by atoms with E-state index in [-0.39, 0.29) is 10.8 Å². The third-order valence-corrected chi connectivity index (χ3v) is 3.41. The Balaban J connectivity index is 1.98. The average molecular weight is 282 g/mol. The Hall–Kier alpha value is -1.39. The molecule has 1 aromatic carbocycles. The molecule has 102 valence electrons. The Bertz CT molecular complexity index is 566. The average Bonchev–Trinajstić information content (AvgIpc) is 2.75. The molecule has 0 radical (unpaired) electrons. The van der Waals surface area contributed by atoms with E-state index in [1.165, 1.54) is 6.07 Å². The van der Waals surface area contributed by atoms with Crippen molar-refractivity contribution in [3.63, 3.8) is 0 Å². The molecule has 0 aliphatic rings. The molecule has 19 heavy (non-hydrogen) atoms. The fourth-order valence-corrected chi connectivity index (χ4v) is 2.24. The number of rotatable bonds is 5. The van der Waals surface area contributed by atoms with Gasteiger partial charge in [-0.15, -0.1) is 0 Å². The number of benzene rings is 1. The molecular weight excluding hydrogens is 265 g/mol. The van der Waals surface area contributed by atoms with E-state index in [0.29, 0.717) is 13.1 Å². The minimum atomic E-state index is -0.378. The largest absolute Gasteiger partial charge is 0.308 e. The molecule has 0 bridgehead atoms. The van der Waals surface area contributed by atoms with E-state index >= 15 is 0 Å². The summed E-state index contributed by atoms with van der Waals surface area (Å²) in [6, 6.07) is 4.85. The van der Waals surface area contributed by atoms with Crippen molar-refractivity contribution in [2.45, 2.75) is 26.4 Å². The van der Waals surface area contributed by atoms with Gasteiger partial charge in [0, 0.05) is 31.9 Å². The van der Waals surface area contributed by atoms with Crippen molar-refractivity contribution >= 4 is 11.6 Å². The lowest BCUT2D eigenvalue weighted by atomic mass is 10.2. The molecule has 0 unspecified atom stereocenters. The van der Waals surface area contributed by atoms with Crippen LogP contribution < -0.4 is 5.32 Å². The van der Waals surface area contributed by atoms with Crippen molar-refractivity contribution in [1.29, 1.82) is 0 Å². The first kappa shape index (κ1) is 14.0. The van der Waals surface area contributed by atoms with Gasteiger partial charge in [0.2, 0.25) is 0 Å². The van der Waals surface area contributed by atoms with Crippen LogP contribution in [0.3, 0.4) is 0 Å². The molecule has 3 nitrogen and oxygen atoms in total. The third kappa shape index (κ3) is 3.33. The molecule has 1 heterocycles. The predicted molar refractivity (Wildman–Crippen MR) is 74.5 cm³/mol. The van der Waals surface area contributed by atoms with Gasteiger partial charge in [-0.25, -0.2) is 4.39 Å². The molecule has 0 atom stereocenters. The van der Waals surface area contributed by atoms with Crippen LogP contribution in [0.2, 0.25) is 5.02 Å². The number of aryl methyl sites for hydroxylation is 2. The van der Waals surface area contributed by atoms with Crippen molar-refractivity contribution in [2.75, 3.05) is 0 Å². The molecule has 0 aliphatic heterocycles. The van der Waals surface area contributed by atoms with Gasteiger partial charge in [-0.1, -0.05) is 30.7 Å². The van der Waals surface area contributed by atoms with Gasteiger partial charge in [0.1, 0.15) is 5.82 Å². The minimum absolute atomic E-state index is 0.192. The minimum Gasteiger partial charge on any atom is -0.308 e. The van der Waals surface area contributed by atoms with Crippen molar-refractivity contribution in [3.8, 4) is 0 Å². The molecule has 1 aromatic heterocycles. The van der Waals surface area contributed by atoms with Gasteiger partial charge in [-0.05, 0) is 18.1 Å². The first-order valence-corrected chi connectivity index (χ1v) is 6.64. The molecule has 0 amide bonds. The summed E-state index contributed by atoms with van der Waals surface area (Å²) < 4.78 is 15.1. The van der Waals surface area contributed by atoms with E-state index in [4.69, 9.17) is 11.6 Å². The highest BCUT2D eigenvalue weighted by atomic mass is 35.5. The highest BCUT2D eigenvalue weighted by Gasteiger charge is 2.07. The first-order valence-electron chi connectivity index (χ1n) is 6.26. The second-order valence-electron chi connectivity index (χ2n) is 4.44. The maximum absolute atomic E-state index is 13.3. The van der Waals surface area contributed by atoms with Gasteiger partial charge in [-0.2, -0.15) is 5.10 Å².